The van der Waals surface area contributed by atoms with Gasteiger partial charge in [-0.05, 0) is 6.07 Å². The number of ketones is 1. The molecule has 0 aliphatic rings. The minimum Gasteiger partial charge on any atom is -0.294 e. The summed E-state index contributed by atoms with van der Waals surface area (Å²) < 4.78 is 0. The van der Waals surface area contributed by atoms with E-state index in [2.05, 4.69) is 4.98 Å². The van der Waals surface area contributed by atoms with Crippen molar-refractivity contribution in [3.05, 3.63) is 40.7 Å². The van der Waals surface area contributed by atoms with Gasteiger partial charge in [0.2, 0.25) is 0 Å². The van der Waals surface area contributed by atoms with Crippen LogP contribution in [0.4, 0.5) is 0 Å². The monoisotopic (exact) mass is 217 g/mol. The number of rotatable bonds is 3. The highest BCUT2D eigenvalue weighted by atomic mass is 32.1. The summed E-state index contributed by atoms with van der Waals surface area (Å²) in [7, 11) is 0. The number of thiazole rings is 1. The highest BCUT2D eigenvalue weighted by Crippen LogP contribution is 2.20. The van der Waals surface area contributed by atoms with Crippen molar-refractivity contribution in [1.82, 2.24) is 4.98 Å². The molecule has 0 unspecified atom stereocenters. The maximum atomic E-state index is 11.5. The van der Waals surface area contributed by atoms with Gasteiger partial charge >= 0.3 is 0 Å². The minimum atomic E-state index is 0.173. The smallest absolute Gasteiger partial charge is 0.162 e. The summed E-state index contributed by atoms with van der Waals surface area (Å²) in [4.78, 5) is 15.7. The number of hydrogen-bond donors (Lipinski definition) is 0. The third-order valence-corrected chi connectivity index (χ3v) is 2.82. The molecule has 0 aliphatic carbocycles. The summed E-state index contributed by atoms with van der Waals surface area (Å²) in [5.41, 5.74) is 4.51. The van der Waals surface area contributed by atoms with Crippen molar-refractivity contribution in [2.45, 2.75) is 13.3 Å². The first-order chi connectivity index (χ1) is 7.31. The second-order valence-electron chi connectivity index (χ2n) is 3.23. The van der Waals surface area contributed by atoms with Crippen molar-refractivity contribution in [1.29, 1.82) is 0 Å². The highest BCUT2D eigenvalue weighted by Gasteiger charge is 2.05. The van der Waals surface area contributed by atoms with Gasteiger partial charge in [-0.25, -0.2) is 4.98 Å². The van der Waals surface area contributed by atoms with Crippen molar-refractivity contribution in [3.63, 3.8) is 0 Å². The molecule has 1 aromatic heterocycles. The zero-order chi connectivity index (χ0) is 10.7. The quantitative estimate of drug-likeness (QED) is 0.737. The van der Waals surface area contributed by atoms with Crippen LogP contribution < -0.4 is 0 Å². The Labute approximate surface area is 92.6 Å². The van der Waals surface area contributed by atoms with Crippen LogP contribution in [0.2, 0.25) is 0 Å². The van der Waals surface area contributed by atoms with Crippen molar-refractivity contribution in [2.75, 3.05) is 0 Å². The summed E-state index contributed by atoms with van der Waals surface area (Å²) in [6.45, 7) is 1.87. The van der Waals surface area contributed by atoms with E-state index in [1.165, 1.54) is 0 Å². The normalized spacial score (nSPS) is 10.2. The van der Waals surface area contributed by atoms with Crippen LogP contribution in [0.1, 0.15) is 23.7 Å². The first-order valence-electron chi connectivity index (χ1n) is 4.83. The topological polar surface area (TPSA) is 30.0 Å². The van der Waals surface area contributed by atoms with E-state index in [1.807, 2.05) is 36.6 Å². The Kier molecular flexibility index (Phi) is 2.92. The van der Waals surface area contributed by atoms with E-state index in [4.69, 9.17) is 0 Å². The average Bonchev–Trinajstić information content (AvgIpc) is 2.82. The first kappa shape index (κ1) is 10.1. The van der Waals surface area contributed by atoms with E-state index >= 15 is 0 Å². The lowest BCUT2D eigenvalue weighted by molar-refractivity contribution is 0.0988. The number of hydrogen-bond acceptors (Lipinski definition) is 3. The molecule has 0 N–H and O–H groups in total. The van der Waals surface area contributed by atoms with Crippen molar-refractivity contribution >= 4 is 17.1 Å². The van der Waals surface area contributed by atoms with E-state index in [0.717, 1.165) is 16.8 Å². The molecule has 2 aromatic rings. The fourth-order valence-corrected chi connectivity index (χ4v) is 1.97. The van der Waals surface area contributed by atoms with Crippen LogP contribution in [0.25, 0.3) is 11.3 Å². The number of carbonyl (C=O) groups is 1. The summed E-state index contributed by atoms with van der Waals surface area (Å²) in [6.07, 6.45) is 0.542. The van der Waals surface area contributed by atoms with Crippen LogP contribution in [0.5, 0.6) is 0 Å². The van der Waals surface area contributed by atoms with Crippen LogP contribution in [-0.4, -0.2) is 10.8 Å². The van der Waals surface area contributed by atoms with Gasteiger partial charge in [0.1, 0.15) is 0 Å². The largest absolute Gasteiger partial charge is 0.294 e. The Morgan fingerprint density at radius 1 is 1.47 bits per heavy atom. The van der Waals surface area contributed by atoms with Gasteiger partial charge in [0, 0.05) is 22.9 Å². The first-order valence-corrected chi connectivity index (χ1v) is 5.77. The van der Waals surface area contributed by atoms with Gasteiger partial charge in [-0.15, -0.1) is 11.3 Å². The minimum absolute atomic E-state index is 0.173. The second kappa shape index (κ2) is 4.36. The predicted octanol–water partition coefficient (Wildman–Crippen LogP) is 3.40. The molecule has 0 atom stereocenters. The molecule has 3 heteroatoms. The van der Waals surface area contributed by atoms with E-state index < -0.39 is 0 Å². The molecular formula is C12H11NOS. The third kappa shape index (κ3) is 2.13. The molecule has 0 spiro atoms. The van der Waals surface area contributed by atoms with Gasteiger partial charge in [0.25, 0.3) is 0 Å². The maximum absolute atomic E-state index is 11.5. The lowest BCUT2D eigenvalue weighted by Gasteiger charge is -2.00. The van der Waals surface area contributed by atoms with E-state index in [1.54, 1.807) is 16.8 Å². The number of benzene rings is 1. The molecule has 76 valence electrons. The van der Waals surface area contributed by atoms with Gasteiger partial charge < -0.3 is 0 Å². The van der Waals surface area contributed by atoms with Crippen molar-refractivity contribution < 1.29 is 4.79 Å². The van der Waals surface area contributed by atoms with E-state index in [0.29, 0.717) is 6.42 Å². The van der Waals surface area contributed by atoms with E-state index in [-0.39, 0.29) is 5.78 Å². The second-order valence-corrected chi connectivity index (χ2v) is 3.95. The number of aromatic nitrogens is 1. The summed E-state index contributed by atoms with van der Waals surface area (Å²) in [5.74, 6) is 0.173. The fourth-order valence-electron chi connectivity index (χ4n) is 1.41. The maximum Gasteiger partial charge on any atom is 0.162 e. The number of carbonyl (C=O) groups excluding carboxylic acids is 1. The molecule has 1 aromatic carbocycles. The Morgan fingerprint density at radius 2 is 2.33 bits per heavy atom. The van der Waals surface area contributed by atoms with Crippen LogP contribution >= 0.6 is 11.3 Å². The molecule has 0 fully saturated rings. The fraction of sp³-hybridized carbons (Fsp3) is 0.167. The zero-order valence-electron chi connectivity index (χ0n) is 8.43. The molecule has 0 saturated heterocycles. The van der Waals surface area contributed by atoms with Gasteiger partial charge in [-0.2, -0.15) is 0 Å². The molecule has 2 nitrogen and oxygen atoms in total. The van der Waals surface area contributed by atoms with Gasteiger partial charge in [0.05, 0.1) is 11.2 Å². The summed E-state index contributed by atoms with van der Waals surface area (Å²) in [5, 5.41) is 1.98. The van der Waals surface area contributed by atoms with Gasteiger partial charge in [-0.3, -0.25) is 4.79 Å². The van der Waals surface area contributed by atoms with Gasteiger partial charge in [-0.1, -0.05) is 25.1 Å². The lowest BCUT2D eigenvalue weighted by Crippen LogP contribution is -1.96. The average molecular weight is 217 g/mol. The van der Waals surface area contributed by atoms with Crippen molar-refractivity contribution in [2.24, 2.45) is 0 Å². The van der Waals surface area contributed by atoms with Gasteiger partial charge in [0.15, 0.2) is 5.78 Å². The lowest BCUT2D eigenvalue weighted by atomic mass is 10.0. The van der Waals surface area contributed by atoms with Crippen LogP contribution in [0, 0.1) is 0 Å². The summed E-state index contributed by atoms with van der Waals surface area (Å²) in [6, 6.07) is 7.63. The number of Topliss-reactive ketones (excluding diaryl/α,β-unsaturated/α-hetero) is 1. The molecule has 0 saturated carbocycles. The Bertz CT molecular complexity index is 462. The Balaban J connectivity index is 2.39. The molecule has 0 bridgehead atoms. The van der Waals surface area contributed by atoms with Crippen LogP contribution in [0.3, 0.4) is 0 Å². The third-order valence-electron chi connectivity index (χ3n) is 2.23. The molecular weight excluding hydrogens is 206 g/mol. The van der Waals surface area contributed by atoms with Crippen molar-refractivity contribution in [3.8, 4) is 11.3 Å². The van der Waals surface area contributed by atoms with E-state index in [9.17, 15) is 4.79 Å². The zero-order valence-corrected chi connectivity index (χ0v) is 9.25. The molecule has 0 radical (unpaired) electrons. The molecule has 2 rings (SSSR count). The van der Waals surface area contributed by atoms with Crippen LogP contribution in [-0.2, 0) is 0 Å². The molecule has 0 amide bonds. The Morgan fingerprint density at radius 3 is 3.00 bits per heavy atom. The molecule has 1 heterocycles. The highest BCUT2D eigenvalue weighted by molar-refractivity contribution is 7.07. The number of nitrogens with zero attached hydrogens (tertiary/aromatic N) is 1. The molecule has 15 heavy (non-hydrogen) atoms. The molecule has 0 aliphatic heterocycles. The van der Waals surface area contributed by atoms with Crippen LogP contribution in [0.15, 0.2) is 35.2 Å². The standard InChI is InChI=1S/C12H11NOS/c1-2-12(14)10-5-3-4-9(6-10)11-7-15-8-13-11/h3-8H,2H2,1H3. The SMILES string of the molecule is CCC(=O)c1cccc(-c2cscn2)c1. The Hall–Kier alpha value is -1.48. The predicted molar refractivity (Wildman–Crippen MR) is 62.2 cm³/mol. The summed E-state index contributed by atoms with van der Waals surface area (Å²) >= 11 is 1.56.